The number of rotatable bonds is 8. The van der Waals surface area contributed by atoms with Crippen LogP contribution in [0.15, 0.2) is 23.2 Å². The zero-order valence-electron chi connectivity index (χ0n) is 15.3. The molecule has 0 atom stereocenters. The Hall–Kier alpha value is -1.51. The Morgan fingerprint density at radius 1 is 1.27 bits per heavy atom. The molecule has 1 aliphatic carbocycles. The van der Waals surface area contributed by atoms with Crippen LogP contribution < -0.4 is 20.7 Å². The second kappa shape index (κ2) is 10.6. The Morgan fingerprint density at radius 2 is 2.08 bits per heavy atom. The number of hydrogen-bond acceptors (Lipinski definition) is 3. The quantitative estimate of drug-likeness (QED) is 0.234. The van der Waals surface area contributed by atoms with Crippen molar-refractivity contribution in [2.45, 2.75) is 44.6 Å². The highest BCUT2D eigenvalue weighted by Gasteiger charge is 2.22. The number of carbonyl (C=O) groups excluding carboxylic acids is 1. The summed E-state index contributed by atoms with van der Waals surface area (Å²) in [5, 5.41) is 9.59. The van der Waals surface area contributed by atoms with Gasteiger partial charge in [-0.3, -0.25) is 9.79 Å². The van der Waals surface area contributed by atoms with Gasteiger partial charge in [0.25, 0.3) is 0 Å². The minimum Gasteiger partial charge on any atom is -0.493 e. The van der Waals surface area contributed by atoms with Crippen LogP contribution in [0.3, 0.4) is 0 Å². The predicted octanol–water partition coefficient (Wildman–Crippen LogP) is 2.01. The summed E-state index contributed by atoms with van der Waals surface area (Å²) in [7, 11) is 1.77. The van der Waals surface area contributed by atoms with Crippen molar-refractivity contribution in [1.82, 2.24) is 16.0 Å². The Morgan fingerprint density at radius 3 is 2.85 bits per heavy atom. The Labute approximate surface area is 172 Å². The van der Waals surface area contributed by atoms with Crippen molar-refractivity contribution in [3.63, 3.8) is 0 Å². The summed E-state index contributed by atoms with van der Waals surface area (Å²) >= 11 is 0. The van der Waals surface area contributed by atoms with Gasteiger partial charge in [-0.2, -0.15) is 0 Å². The summed E-state index contributed by atoms with van der Waals surface area (Å²) in [6.45, 7) is 2.36. The topological polar surface area (TPSA) is 74.8 Å². The van der Waals surface area contributed by atoms with Gasteiger partial charge in [-0.1, -0.05) is 12.1 Å². The third-order valence-electron chi connectivity index (χ3n) is 4.50. The van der Waals surface area contributed by atoms with E-state index in [9.17, 15) is 4.79 Å². The van der Waals surface area contributed by atoms with E-state index in [-0.39, 0.29) is 29.9 Å². The first-order valence-electron chi connectivity index (χ1n) is 9.23. The van der Waals surface area contributed by atoms with Crippen LogP contribution in [0, 0.1) is 0 Å². The van der Waals surface area contributed by atoms with Gasteiger partial charge in [0.05, 0.1) is 6.61 Å². The fourth-order valence-corrected chi connectivity index (χ4v) is 2.92. The molecule has 1 amide bonds. The molecule has 3 rings (SSSR count). The molecular formula is C19H29IN4O2. The largest absolute Gasteiger partial charge is 0.493 e. The predicted molar refractivity (Wildman–Crippen MR) is 115 cm³/mol. The zero-order chi connectivity index (χ0) is 17.5. The number of ether oxygens (including phenoxy) is 1. The molecule has 2 aliphatic rings. The molecule has 1 saturated carbocycles. The molecule has 1 aromatic rings. The highest BCUT2D eigenvalue weighted by atomic mass is 127. The molecule has 0 spiro atoms. The second-order valence-corrected chi connectivity index (χ2v) is 6.66. The molecule has 0 aromatic heterocycles. The summed E-state index contributed by atoms with van der Waals surface area (Å²) in [4.78, 5) is 15.8. The molecule has 0 bridgehead atoms. The Bertz CT molecular complexity index is 632. The van der Waals surface area contributed by atoms with Gasteiger partial charge >= 0.3 is 0 Å². The van der Waals surface area contributed by atoms with E-state index in [1.807, 2.05) is 0 Å². The number of amides is 1. The number of hydrogen-bond donors (Lipinski definition) is 3. The monoisotopic (exact) mass is 472 g/mol. The molecule has 0 unspecified atom stereocenters. The maximum absolute atomic E-state index is 11.6. The van der Waals surface area contributed by atoms with E-state index in [4.69, 9.17) is 4.74 Å². The molecule has 144 valence electrons. The fraction of sp³-hybridized carbons (Fsp3) is 0.579. The lowest BCUT2D eigenvalue weighted by Gasteiger charge is -2.12. The van der Waals surface area contributed by atoms with Gasteiger partial charge in [0.2, 0.25) is 5.91 Å². The van der Waals surface area contributed by atoms with Gasteiger partial charge in [-0.05, 0) is 42.9 Å². The average Bonchev–Trinajstić information content (AvgIpc) is 3.30. The number of nitrogens with zero attached hydrogens (tertiary/aromatic N) is 1. The van der Waals surface area contributed by atoms with E-state index in [2.05, 4.69) is 39.1 Å². The van der Waals surface area contributed by atoms with Gasteiger partial charge in [-0.15, -0.1) is 24.0 Å². The summed E-state index contributed by atoms with van der Waals surface area (Å²) in [5.41, 5.74) is 2.62. The molecule has 7 heteroatoms. The third kappa shape index (κ3) is 6.66. The lowest BCUT2D eigenvalue weighted by atomic mass is 10.1. The lowest BCUT2D eigenvalue weighted by Crippen LogP contribution is -2.39. The van der Waals surface area contributed by atoms with Crippen LogP contribution in [0.25, 0.3) is 0 Å². The number of halogens is 1. The number of guanidine groups is 1. The molecule has 3 N–H and O–H groups in total. The van der Waals surface area contributed by atoms with Crippen molar-refractivity contribution in [1.29, 1.82) is 0 Å². The highest BCUT2D eigenvalue weighted by molar-refractivity contribution is 14.0. The van der Waals surface area contributed by atoms with E-state index in [0.29, 0.717) is 12.5 Å². The smallest absolute Gasteiger partial charge is 0.220 e. The van der Waals surface area contributed by atoms with Crippen LogP contribution in [0.4, 0.5) is 0 Å². The van der Waals surface area contributed by atoms with E-state index in [1.54, 1.807) is 7.05 Å². The van der Waals surface area contributed by atoms with Crippen LogP contribution in [0.2, 0.25) is 0 Å². The Balaban J connectivity index is 0.00000243. The minimum absolute atomic E-state index is 0. The van der Waals surface area contributed by atoms with Gasteiger partial charge in [0.15, 0.2) is 5.96 Å². The minimum atomic E-state index is 0. The first-order chi connectivity index (χ1) is 12.2. The molecule has 0 radical (unpaired) electrons. The van der Waals surface area contributed by atoms with Gasteiger partial charge < -0.3 is 20.7 Å². The summed E-state index contributed by atoms with van der Waals surface area (Å²) < 4.78 is 5.54. The maximum atomic E-state index is 11.6. The van der Waals surface area contributed by atoms with Gasteiger partial charge in [0.1, 0.15) is 5.75 Å². The average molecular weight is 472 g/mol. The maximum Gasteiger partial charge on any atom is 0.220 e. The number of fused-ring (bicyclic) bond motifs is 1. The van der Waals surface area contributed by atoms with Crippen molar-refractivity contribution >= 4 is 35.8 Å². The van der Waals surface area contributed by atoms with Crippen LogP contribution in [-0.2, 0) is 17.6 Å². The van der Waals surface area contributed by atoms with Crippen molar-refractivity contribution in [3.8, 4) is 5.75 Å². The summed E-state index contributed by atoms with van der Waals surface area (Å²) in [6, 6.07) is 6.87. The molecular weight excluding hydrogens is 443 g/mol. The first-order valence-corrected chi connectivity index (χ1v) is 9.23. The highest BCUT2D eigenvalue weighted by Crippen LogP contribution is 2.25. The molecule has 26 heavy (non-hydrogen) atoms. The molecule has 1 heterocycles. The number of aliphatic imine (C=N–C) groups is 1. The summed E-state index contributed by atoms with van der Waals surface area (Å²) in [5.74, 6) is 1.97. The van der Waals surface area contributed by atoms with Crippen molar-refractivity contribution in [3.05, 3.63) is 29.3 Å². The van der Waals surface area contributed by atoms with E-state index >= 15 is 0 Å². The van der Waals surface area contributed by atoms with Crippen LogP contribution in [0.1, 0.15) is 36.8 Å². The normalized spacial score (nSPS) is 15.5. The molecule has 6 nitrogen and oxygen atoms in total. The third-order valence-corrected chi connectivity index (χ3v) is 4.50. The van der Waals surface area contributed by atoms with Crippen molar-refractivity contribution in [2.24, 2.45) is 4.99 Å². The lowest BCUT2D eigenvalue weighted by molar-refractivity contribution is -0.121. The van der Waals surface area contributed by atoms with Crippen LogP contribution in [-0.4, -0.2) is 44.7 Å². The van der Waals surface area contributed by atoms with Crippen LogP contribution in [0.5, 0.6) is 5.75 Å². The number of benzene rings is 1. The second-order valence-electron chi connectivity index (χ2n) is 6.66. The zero-order valence-corrected chi connectivity index (χ0v) is 17.7. The molecule has 1 aliphatic heterocycles. The number of nitrogens with one attached hydrogen (secondary N) is 3. The fourth-order valence-electron chi connectivity index (χ4n) is 2.92. The summed E-state index contributed by atoms with van der Waals surface area (Å²) in [6.07, 6.45) is 5.60. The Kier molecular flexibility index (Phi) is 8.47. The number of carbonyl (C=O) groups is 1. The standard InChI is InChI=1S/C19H28N4O2.HI/c1-20-19(21-10-2-3-18(24)23-16-5-6-16)22-11-8-14-4-7-17-15(13-14)9-12-25-17;/h4,7,13,16H,2-3,5-6,8-12H2,1H3,(H,23,24)(H2,20,21,22);1H. The van der Waals surface area contributed by atoms with E-state index in [1.165, 1.54) is 11.1 Å². The van der Waals surface area contributed by atoms with Crippen LogP contribution >= 0.6 is 24.0 Å². The van der Waals surface area contributed by atoms with Gasteiger partial charge in [0, 0.05) is 39.0 Å². The SMILES string of the molecule is CN=C(NCCCC(=O)NC1CC1)NCCc1ccc2c(c1)CCO2.I. The van der Waals surface area contributed by atoms with E-state index in [0.717, 1.165) is 63.5 Å². The van der Waals surface area contributed by atoms with Crippen molar-refractivity contribution in [2.75, 3.05) is 26.7 Å². The first kappa shape index (κ1) is 20.8. The molecule has 1 fully saturated rings. The molecule has 0 saturated heterocycles. The molecule has 1 aromatic carbocycles. The van der Waals surface area contributed by atoms with Crippen molar-refractivity contribution < 1.29 is 9.53 Å². The van der Waals surface area contributed by atoms with Gasteiger partial charge in [-0.25, -0.2) is 0 Å². The van der Waals surface area contributed by atoms with E-state index < -0.39 is 0 Å².